The molecule has 0 heterocycles. The third-order valence-corrected chi connectivity index (χ3v) is 4.63. The molecule has 0 aliphatic heterocycles. The lowest BCUT2D eigenvalue weighted by molar-refractivity contribution is -0.122. The van der Waals surface area contributed by atoms with E-state index < -0.39 is 0 Å². The summed E-state index contributed by atoms with van der Waals surface area (Å²) in [6, 6.07) is 6.40. The van der Waals surface area contributed by atoms with Gasteiger partial charge in [-0.2, -0.15) is 0 Å². The second-order valence-electron chi connectivity index (χ2n) is 6.01. The molecule has 3 heteroatoms. The Hall–Kier alpha value is -1.90. The Balaban J connectivity index is 1.88. The minimum Gasteiger partial charge on any atom is -0.511 e. The van der Waals surface area contributed by atoms with Crippen LogP contribution >= 0.6 is 0 Å². The number of aryl methyl sites for hydroxylation is 2. The molecule has 1 aromatic carbocycles. The Morgan fingerprint density at radius 1 is 1.24 bits per heavy atom. The summed E-state index contributed by atoms with van der Waals surface area (Å²) in [6.45, 7) is 1.71. The molecule has 1 N–H and O–H groups in total. The van der Waals surface area contributed by atoms with Crippen molar-refractivity contribution in [2.75, 3.05) is 0 Å². The van der Waals surface area contributed by atoms with Crippen LogP contribution in [0.25, 0.3) is 0 Å². The number of aliphatic hydroxyl groups is 1. The van der Waals surface area contributed by atoms with E-state index in [1.807, 2.05) is 0 Å². The number of hydrogen-bond acceptors (Lipinski definition) is 3. The molecule has 0 aromatic heterocycles. The highest BCUT2D eigenvalue weighted by Crippen LogP contribution is 2.36. The third kappa shape index (κ3) is 2.53. The molecule has 0 radical (unpaired) electrons. The summed E-state index contributed by atoms with van der Waals surface area (Å²) in [7, 11) is 0. The van der Waals surface area contributed by atoms with Gasteiger partial charge in [-0.1, -0.05) is 25.1 Å². The van der Waals surface area contributed by atoms with Crippen molar-refractivity contribution in [2.45, 2.75) is 51.4 Å². The smallest absolute Gasteiger partial charge is 0.170 e. The molecule has 3 rings (SSSR count). The van der Waals surface area contributed by atoms with Gasteiger partial charge in [0.25, 0.3) is 0 Å². The highest BCUT2D eigenvalue weighted by atomic mass is 16.3. The van der Waals surface area contributed by atoms with Gasteiger partial charge in [0.15, 0.2) is 11.6 Å². The van der Waals surface area contributed by atoms with Crippen LogP contribution in [0.4, 0.5) is 0 Å². The Kier molecular flexibility index (Phi) is 3.66. The zero-order chi connectivity index (χ0) is 15.0. The largest absolute Gasteiger partial charge is 0.511 e. The number of aliphatic hydroxyl groups excluding tert-OH is 1. The molecule has 3 nitrogen and oxygen atoms in total. The van der Waals surface area contributed by atoms with Crippen molar-refractivity contribution in [1.82, 2.24) is 0 Å². The monoisotopic (exact) mass is 284 g/mol. The summed E-state index contributed by atoms with van der Waals surface area (Å²) in [5.74, 6) is -0.485. The van der Waals surface area contributed by atoms with E-state index in [0.29, 0.717) is 12.8 Å². The molecule has 0 spiro atoms. The van der Waals surface area contributed by atoms with Gasteiger partial charge in [0.1, 0.15) is 5.76 Å². The van der Waals surface area contributed by atoms with Crippen molar-refractivity contribution in [1.29, 1.82) is 0 Å². The predicted molar refractivity (Wildman–Crippen MR) is 80.4 cm³/mol. The summed E-state index contributed by atoms with van der Waals surface area (Å²) in [5, 5.41) is 10.1. The SMILES string of the molecule is CCC(=O)C1=C(O)CC(c2ccc3c(c2)CCC3)CC1=O. The van der Waals surface area contributed by atoms with Crippen LogP contribution < -0.4 is 0 Å². The number of hydrogen-bond donors (Lipinski definition) is 1. The number of fused-ring (bicyclic) bond motifs is 1. The minimum absolute atomic E-state index is 0.00296. The Bertz CT molecular complexity index is 640. The van der Waals surface area contributed by atoms with Crippen LogP contribution in [-0.4, -0.2) is 16.7 Å². The zero-order valence-electron chi connectivity index (χ0n) is 12.3. The van der Waals surface area contributed by atoms with Crippen LogP contribution in [0, 0.1) is 0 Å². The molecule has 0 saturated carbocycles. The second kappa shape index (κ2) is 5.47. The normalized spacial score (nSPS) is 21.6. The molecule has 1 unspecified atom stereocenters. The quantitative estimate of drug-likeness (QED) is 0.865. The van der Waals surface area contributed by atoms with E-state index in [-0.39, 0.29) is 35.2 Å². The van der Waals surface area contributed by atoms with Gasteiger partial charge in [0, 0.05) is 19.3 Å². The van der Waals surface area contributed by atoms with E-state index in [4.69, 9.17) is 0 Å². The lowest BCUT2D eigenvalue weighted by atomic mass is 9.80. The second-order valence-corrected chi connectivity index (χ2v) is 6.01. The summed E-state index contributed by atoms with van der Waals surface area (Å²) in [5.41, 5.74) is 3.93. The van der Waals surface area contributed by atoms with Gasteiger partial charge in [-0.05, 0) is 41.9 Å². The highest BCUT2D eigenvalue weighted by molar-refractivity contribution is 6.21. The van der Waals surface area contributed by atoms with Crippen molar-refractivity contribution in [3.63, 3.8) is 0 Å². The van der Waals surface area contributed by atoms with Crippen LogP contribution in [-0.2, 0) is 22.4 Å². The number of benzene rings is 1. The van der Waals surface area contributed by atoms with E-state index in [9.17, 15) is 14.7 Å². The molecule has 1 atom stereocenters. The molecular weight excluding hydrogens is 264 g/mol. The summed E-state index contributed by atoms with van der Waals surface area (Å²) in [4.78, 5) is 23.9. The molecule has 0 saturated heterocycles. The molecule has 110 valence electrons. The van der Waals surface area contributed by atoms with Crippen LogP contribution in [0.15, 0.2) is 29.5 Å². The van der Waals surface area contributed by atoms with Crippen LogP contribution in [0.3, 0.4) is 0 Å². The summed E-state index contributed by atoms with van der Waals surface area (Å²) < 4.78 is 0. The molecular formula is C18H20O3. The minimum atomic E-state index is -0.245. The van der Waals surface area contributed by atoms with Gasteiger partial charge < -0.3 is 5.11 Å². The van der Waals surface area contributed by atoms with Gasteiger partial charge >= 0.3 is 0 Å². The van der Waals surface area contributed by atoms with Gasteiger partial charge in [0.05, 0.1) is 5.57 Å². The maximum absolute atomic E-state index is 12.2. The van der Waals surface area contributed by atoms with Crippen molar-refractivity contribution in [2.24, 2.45) is 0 Å². The summed E-state index contributed by atoms with van der Waals surface area (Å²) in [6.07, 6.45) is 4.41. The maximum atomic E-state index is 12.2. The predicted octanol–water partition coefficient (Wildman–Crippen LogP) is 3.41. The first kappa shape index (κ1) is 14.1. The Morgan fingerprint density at radius 2 is 2.00 bits per heavy atom. The van der Waals surface area contributed by atoms with E-state index in [1.54, 1.807) is 6.92 Å². The van der Waals surface area contributed by atoms with Gasteiger partial charge in [-0.25, -0.2) is 0 Å². The van der Waals surface area contributed by atoms with Crippen molar-refractivity contribution in [3.05, 3.63) is 46.2 Å². The third-order valence-electron chi connectivity index (χ3n) is 4.63. The van der Waals surface area contributed by atoms with E-state index in [2.05, 4.69) is 18.2 Å². The number of allylic oxidation sites excluding steroid dienone is 2. The zero-order valence-corrected chi connectivity index (χ0v) is 12.3. The maximum Gasteiger partial charge on any atom is 0.170 e. The highest BCUT2D eigenvalue weighted by Gasteiger charge is 2.32. The molecule has 0 fully saturated rings. The first-order chi connectivity index (χ1) is 10.1. The Labute approximate surface area is 124 Å². The molecule has 1 aromatic rings. The lowest BCUT2D eigenvalue weighted by Gasteiger charge is -2.23. The van der Waals surface area contributed by atoms with Crippen LogP contribution in [0.5, 0.6) is 0 Å². The van der Waals surface area contributed by atoms with Crippen LogP contribution in [0.2, 0.25) is 0 Å². The lowest BCUT2D eigenvalue weighted by Crippen LogP contribution is -2.23. The Morgan fingerprint density at radius 3 is 2.71 bits per heavy atom. The topological polar surface area (TPSA) is 54.4 Å². The molecule has 2 aliphatic rings. The number of carbonyl (C=O) groups excluding carboxylic acids is 2. The van der Waals surface area contributed by atoms with Gasteiger partial charge in [-0.3, -0.25) is 9.59 Å². The average molecular weight is 284 g/mol. The van der Waals surface area contributed by atoms with Crippen molar-refractivity contribution < 1.29 is 14.7 Å². The molecule has 2 aliphatic carbocycles. The molecule has 21 heavy (non-hydrogen) atoms. The van der Waals surface area contributed by atoms with E-state index in [0.717, 1.165) is 18.4 Å². The first-order valence-electron chi connectivity index (χ1n) is 7.70. The number of ketones is 2. The number of rotatable bonds is 3. The fourth-order valence-corrected chi connectivity index (χ4v) is 3.47. The fourth-order valence-electron chi connectivity index (χ4n) is 3.47. The van der Waals surface area contributed by atoms with Crippen molar-refractivity contribution in [3.8, 4) is 0 Å². The summed E-state index contributed by atoms with van der Waals surface area (Å²) >= 11 is 0. The number of Topliss-reactive ketones (excluding diaryl/α,β-unsaturated/α-hetero) is 2. The van der Waals surface area contributed by atoms with Crippen molar-refractivity contribution >= 4 is 11.6 Å². The van der Waals surface area contributed by atoms with E-state index in [1.165, 1.54) is 17.5 Å². The number of carbonyl (C=O) groups is 2. The van der Waals surface area contributed by atoms with Gasteiger partial charge in [-0.15, -0.1) is 0 Å². The van der Waals surface area contributed by atoms with Gasteiger partial charge in [0.2, 0.25) is 0 Å². The molecule has 0 amide bonds. The standard InChI is InChI=1S/C18H20O3/c1-2-15(19)18-16(20)9-14(10-17(18)21)13-7-6-11-4-3-5-12(11)8-13/h6-8,14,20H,2-5,9-10H2,1H3. The first-order valence-corrected chi connectivity index (χ1v) is 7.70. The van der Waals surface area contributed by atoms with E-state index >= 15 is 0 Å². The fraction of sp³-hybridized carbons (Fsp3) is 0.444. The molecule has 0 bridgehead atoms. The van der Waals surface area contributed by atoms with Crippen LogP contribution in [0.1, 0.15) is 55.2 Å². The average Bonchev–Trinajstić information content (AvgIpc) is 2.93.